The second kappa shape index (κ2) is 6.55. The summed E-state index contributed by atoms with van der Waals surface area (Å²) in [6.45, 7) is 0.611. The van der Waals surface area contributed by atoms with Gasteiger partial charge in [0.05, 0.1) is 24.1 Å². The lowest BCUT2D eigenvalue weighted by Gasteiger charge is -2.00. The van der Waals surface area contributed by atoms with Gasteiger partial charge in [0.1, 0.15) is 5.69 Å². The average molecular weight is 313 g/mol. The molecule has 0 unspecified atom stereocenters. The molecule has 2 aromatic heterocycles. The van der Waals surface area contributed by atoms with E-state index in [0.29, 0.717) is 17.8 Å². The molecule has 2 heterocycles. The minimum Gasteiger partial charge on any atom is -0.277 e. The summed E-state index contributed by atoms with van der Waals surface area (Å²) < 4.78 is 1.77. The van der Waals surface area contributed by atoms with E-state index in [1.807, 2.05) is 47.8 Å². The standard InChI is InChI=1S/C16H15N3O2S/c1-21-18-16(20)13-11-19(10-12-6-3-2-4-7-12)17-15(13)14-8-5-9-22-14/h2-9,11H,10H2,1H3,(H,18,20). The first-order valence-electron chi connectivity index (χ1n) is 6.76. The number of nitrogens with zero attached hydrogens (tertiary/aromatic N) is 2. The van der Waals surface area contributed by atoms with Crippen molar-refractivity contribution < 1.29 is 9.63 Å². The van der Waals surface area contributed by atoms with Crippen LogP contribution in [0.4, 0.5) is 0 Å². The molecule has 0 aliphatic heterocycles. The number of hydrogen-bond donors (Lipinski definition) is 1. The fraction of sp³-hybridized carbons (Fsp3) is 0.125. The molecule has 0 radical (unpaired) electrons. The molecule has 6 heteroatoms. The van der Waals surface area contributed by atoms with E-state index >= 15 is 0 Å². The normalized spacial score (nSPS) is 10.6. The Morgan fingerprint density at radius 2 is 2.09 bits per heavy atom. The highest BCUT2D eigenvalue weighted by Crippen LogP contribution is 2.26. The topological polar surface area (TPSA) is 56.1 Å². The Hall–Kier alpha value is -2.44. The van der Waals surface area contributed by atoms with E-state index < -0.39 is 0 Å². The second-order valence-electron chi connectivity index (χ2n) is 4.69. The van der Waals surface area contributed by atoms with Crippen LogP contribution in [0, 0.1) is 0 Å². The van der Waals surface area contributed by atoms with Crippen molar-refractivity contribution in [1.29, 1.82) is 0 Å². The van der Waals surface area contributed by atoms with E-state index in [2.05, 4.69) is 10.6 Å². The molecule has 3 rings (SSSR count). The van der Waals surface area contributed by atoms with Gasteiger partial charge < -0.3 is 0 Å². The number of nitrogens with one attached hydrogen (secondary N) is 1. The van der Waals surface area contributed by atoms with Crippen LogP contribution in [0.2, 0.25) is 0 Å². The number of hydroxylamine groups is 1. The third-order valence-electron chi connectivity index (χ3n) is 3.14. The maximum absolute atomic E-state index is 12.1. The summed E-state index contributed by atoms with van der Waals surface area (Å²) in [4.78, 5) is 17.8. The highest BCUT2D eigenvalue weighted by atomic mass is 32.1. The molecule has 0 aliphatic rings. The van der Waals surface area contributed by atoms with E-state index in [4.69, 9.17) is 4.84 Å². The number of amides is 1. The summed E-state index contributed by atoms with van der Waals surface area (Å²) in [5.41, 5.74) is 4.65. The highest BCUT2D eigenvalue weighted by molar-refractivity contribution is 7.13. The molecule has 0 aliphatic carbocycles. The molecule has 0 saturated heterocycles. The fourth-order valence-electron chi connectivity index (χ4n) is 2.18. The van der Waals surface area contributed by atoms with Crippen LogP contribution in [0.15, 0.2) is 54.0 Å². The van der Waals surface area contributed by atoms with Crippen LogP contribution in [0.1, 0.15) is 15.9 Å². The molecule has 0 spiro atoms. The lowest BCUT2D eigenvalue weighted by Crippen LogP contribution is -2.21. The van der Waals surface area contributed by atoms with E-state index in [-0.39, 0.29) is 5.91 Å². The van der Waals surface area contributed by atoms with Crippen LogP contribution < -0.4 is 5.48 Å². The largest absolute Gasteiger partial charge is 0.278 e. The molecule has 0 bridgehead atoms. The first-order valence-corrected chi connectivity index (χ1v) is 7.64. The maximum atomic E-state index is 12.1. The number of carbonyl (C=O) groups is 1. The summed E-state index contributed by atoms with van der Waals surface area (Å²) in [6.07, 6.45) is 1.75. The Morgan fingerprint density at radius 1 is 1.27 bits per heavy atom. The number of benzene rings is 1. The molecule has 3 aromatic rings. The molecule has 0 atom stereocenters. The Balaban J connectivity index is 1.96. The summed E-state index contributed by atoms with van der Waals surface area (Å²) in [7, 11) is 1.41. The number of thiophene rings is 1. The van der Waals surface area contributed by atoms with Gasteiger partial charge in [0.2, 0.25) is 0 Å². The highest BCUT2D eigenvalue weighted by Gasteiger charge is 2.18. The maximum Gasteiger partial charge on any atom is 0.278 e. The smallest absolute Gasteiger partial charge is 0.277 e. The number of rotatable bonds is 5. The van der Waals surface area contributed by atoms with Crippen molar-refractivity contribution in [3.05, 3.63) is 65.2 Å². The van der Waals surface area contributed by atoms with E-state index in [0.717, 1.165) is 10.4 Å². The molecule has 0 saturated carbocycles. The predicted octanol–water partition coefficient (Wildman–Crippen LogP) is 2.95. The molecular formula is C16H15N3O2S. The summed E-state index contributed by atoms with van der Waals surface area (Å²) in [6, 6.07) is 13.9. The third-order valence-corrected chi connectivity index (χ3v) is 4.02. The first kappa shape index (κ1) is 14.5. The van der Waals surface area contributed by atoms with Gasteiger partial charge in [-0.1, -0.05) is 36.4 Å². The molecule has 1 N–H and O–H groups in total. The van der Waals surface area contributed by atoms with Gasteiger partial charge in [0.25, 0.3) is 5.91 Å². The zero-order chi connectivity index (χ0) is 15.4. The van der Waals surface area contributed by atoms with Gasteiger partial charge in [0.15, 0.2) is 0 Å². The Labute approximate surface area is 132 Å². The summed E-state index contributed by atoms with van der Waals surface area (Å²) in [5, 5.41) is 6.52. The molecule has 5 nitrogen and oxygen atoms in total. The number of hydrogen-bond acceptors (Lipinski definition) is 4. The quantitative estimate of drug-likeness (QED) is 0.737. The Morgan fingerprint density at radius 3 is 2.77 bits per heavy atom. The lowest BCUT2D eigenvalue weighted by molar-refractivity contribution is 0.0538. The Kier molecular flexibility index (Phi) is 4.32. The number of carbonyl (C=O) groups excluding carboxylic acids is 1. The second-order valence-corrected chi connectivity index (χ2v) is 5.63. The van der Waals surface area contributed by atoms with Gasteiger partial charge in [-0.3, -0.25) is 14.3 Å². The SMILES string of the molecule is CONC(=O)c1cn(Cc2ccccc2)nc1-c1cccs1. The van der Waals surface area contributed by atoms with Crippen LogP contribution >= 0.6 is 11.3 Å². The zero-order valence-corrected chi connectivity index (χ0v) is 12.8. The van der Waals surface area contributed by atoms with Crippen molar-refractivity contribution in [1.82, 2.24) is 15.3 Å². The van der Waals surface area contributed by atoms with E-state index in [1.54, 1.807) is 22.2 Å². The third kappa shape index (κ3) is 3.08. The molecular weight excluding hydrogens is 298 g/mol. The molecule has 112 valence electrons. The molecule has 22 heavy (non-hydrogen) atoms. The van der Waals surface area contributed by atoms with Crippen molar-refractivity contribution in [2.24, 2.45) is 0 Å². The minimum atomic E-state index is -0.301. The van der Waals surface area contributed by atoms with Crippen molar-refractivity contribution in [2.45, 2.75) is 6.54 Å². The van der Waals surface area contributed by atoms with E-state index in [9.17, 15) is 4.79 Å². The van der Waals surface area contributed by atoms with E-state index in [1.165, 1.54) is 7.11 Å². The predicted molar refractivity (Wildman–Crippen MR) is 85.6 cm³/mol. The minimum absolute atomic E-state index is 0.301. The summed E-state index contributed by atoms with van der Waals surface area (Å²) >= 11 is 1.55. The van der Waals surface area contributed by atoms with Crippen molar-refractivity contribution in [3.8, 4) is 10.6 Å². The van der Waals surface area contributed by atoms with Crippen molar-refractivity contribution >= 4 is 17.2 Å². The molecule has 0 fully saturated rings. The Bertz CT molecular complexity index is 751. The van der Waals surface area contributed by atoms with Crippen LogP contribution in [0.3, 0.4) is 0 Å². The fourth-order valence-corrected chi connectivity index (χ4v) is 2.91. The molecule has 1 aromatic carbocycles. The summed E-state index contributed by atoms with van der Waals surface area (Å²) in [5.74, 6) is -0.301. The first-order chi connectivity index (χ1) is 10.8. The van der Waals surface area contributed by atoms with Gasteiger partial charge in [-0.25, -0.2) is 5.48 Å². The van der Waals surface area contributed by atoms with Crippen LogP contribution in [0.25, 0.3) is 10.6 Å². The lowest BCUT2D eigenvalue weighted by atomic mass is 10.2. The van der Waals surface area contributed by atoms with Crippen LogP contribution in [0.5, 0.6) is 0 Å². The van der Waals surface area contributed by atoms with Gasteiger partial charge in [0, 0.05) is 6.20 Å². The van der Waals surface area contributed by atoms with Gasteiger partial charge in [-0.05, 0) is 17.0 Å². The van der Waals surface area contributed by atoms with Crippen molar-refractivity contribution in [3.63, 3.8) is 0 Å². The molecule has 1 amide bonds. The van der Waals surface area contributed by atoms with Crippen LogP contribution in [-0.2, 0) is 11.4 Å². The van der Waals surface area contributed by atoms with Crippen LogP contribution in [-0.4, -0.2) is 22.8 Å². The van der Waals surface area contributed by atoms with Crippen molar-refractivity contribution in [2.75, 3.05) is 7.11 Å². The average Bonchev–Trinajstić information content (AvgIpc) is 3.17. The monoisotopic (exact) mass is 313 g/mol. The van der Waals surface area contributed by atoms with Gasteiger partial charge >= 0.3 is 0 Å². The zero-order valence-electron chi connectivity index (χ0n) is 12.0. The number of aromatic nitrogens is 2. The van der Waals surface area contributed by atoms with Gasteiger partial charge in [-0.15, -0.1) is 11.3 Å². The van der Waals surface area contributed by atoms with Gasteiger partial charge in [-0.2, -0.15) is 5.10 Å².